The molecule has 0 radical (unpaired) electrons. The maximum absolute atomic E-state index is 5.85. The molecule has 0 atom stereocenters. The minimum absolute atomic E-state index is 0.502. The smallest absolute Gasteiger partial charge is 0.248 e. The van der Waals surface area contributed by atoms with Crippen molar-refractivity contribution < 1.29 is 4.42 Å². The molecule has 0 saturated carbocycles. The molecule has 0 aliphatic carbocycles. The molecular weight excluding hydrogens is 446 g/mol. The average Bonchev–Trinajstić information content (AvgIpc) is 3.65. The molecule has 6 nitrogen and oxygen atoms in total. The normalized spacial score (nSPS) is 11.2. The fourth-order valence-corrected chi connectivity index (χ4v) is 3.81. The van der Waals surface area contributed by atoms with Crippen molar-refractivity contribution in [2.24, 2.45) is 0 Å². The summed E-state index contributed by atoms with van der Waals surface area (Å²) in [5, 5.41) is 17.4. The quantitative estimate of drug-likeness (QED) is 0.251. The van der Waals surface area contributed by atoms with E-state index >= 15 is 0 Å². The summed E-state index contributed by atoms with van der Waals surface area (Å²) in [6.07, 6.45) is 5.93. The van der Waals surface area contributed by atoms with Gasteiger partial charge in [-0.25, -0.2) is 0 Å². The van der Waals surface area contributed by atoms with Crippen LogP contribution in [0.25, 0.3) is 52.0 Å². The Bertz CT molecular complexity index is 1480. The Balaban J connectivity index is 1.13. The standard InChI is InChI=1S/C30H21N5O/c1-3-7-24(8-4-1)28-21-31-35(34-28)27-19-15-23(16-20-27)12-11-22-13-17-26(18-14-22)30-33-32-29(36-30)25-9-5-2-6-10-25/h1-21H. The molecule has 4 aromatic carbocycles. The zero-order valence-corrected chi connectivity index (χ0v) is 19.3. The highest BCUT2D eigenvalue weighted by Gasteiger charge is 2.10. The monoisotopic (exact) mass is 467 g/mol. The largest absolute Gasteiger partial charge is 0.416 e. The van der Waals surface area contributed by atoms with Gasteiger partial charge in [0.15, 0.2) is 0 Å². The predicted octanol–water partition coefficient (Wildman–Crippen LogP) is 6.82. The molecule has 2 aromatic heterocycles. The third-order valence-electron chi connectivity index (χ3n) is 5.76. The van der Waals surface area contributed by atoms with Gasteiger partial charge >= 0.3 is 0 Å². The van der Waals surface area contributed by atoms with Crippen molar-refractivity contribution in [3.63, 3.8) is 0 Å². The molecule has 0 aliphatic rings. The second-order valence-corrected chi connectivity index (χ2v) is 8.21. The fraction of sp³-hybridized carbons (Fsp3) is 0. The van der Waals surface area contributed by atoms with E-state index in [9.17, 15) is 0 Å². The number of hydrogen-bond acceptors (Lipinski definition) is 5. The summed E-state index contributed by atoms with van der Waals surface area (Å²) in [5.74, 6) is 1.02. The lowest BCUT2D eigenvalue weighted by molar-refractivity contribution is 0.584. The number of hydrogen-bond donors (Lipinski definition) is 0. The fourth-order valence-electron chi connectivity index (χ4n) is 3.81. The number of rotatable bonds is 6. The van der Waals surface area contributed by atoms with E-state index in [0.717, 1.165) is 39.2 Å². The summed E-state index contributed by atoms with van der Waals surface area (Å²) in [5.41, 5.74) is 6.75. The Labute approximate surface area is 208 Å². The lowest BCUT2D eigenvalue weighted by Gasteiger charge is -2.01. The minimum atomic E-state index is 0.502. The molecule has 0 saturated heterocycles. The molecule has 0 bridgehead atoms. The van der Waals surface area contributed by atoms with Crippen LogP contribution >= 0.6 is 0 Å². The lowest BCUT2D eigenvalue weighted by atomic mass is 10.1. The zero-order chi connectivity index (χ0) is 24.2. The number of benzene rings is 4. The number of nitrogens with zero attached hydrogens (tertiary/aromatic N) is 5. The van der Waals surface area contributed by atoms with Crippen molar-refractivity contribution in [1.82, 2.24) is 25.2 Å². The van der Waals surface area contributed by atoms with Gasteiger partial charge in [-0.15, -0.1) is 15.3 Å². The predicted molar refractivity (Wildman–Crippen MR) is 141 cm³/mol. The summed E-state index contributed by atoms with van der Waals surface area (Å²) in [6, 6.07) is 35.9. The molecule has 6 heteroatoms. The van der Waals surface area contributed by atoms with Gasteiger partial charge in [-0.2, -0.15) is 9.90 Å². The highest BCUT2D eigenvalue weighted by molar-refractivity contribution is 5.71. The van der Waals surface area contributed by atoms with E-state index in [2.05, 4.69) is 44.7 Å². The molecular formula is C30H21N5O. The maximum Gasteiger partial charge on any atom is 0.248 e. The van der Waals surface area contributed by atoms with Gasteiger partial charge in [0.05, 0.1) is 11.9 Å². The van der Waals surface area contributed by atoms with E-state index in [0.29, 0.717) is 11.8 Å². The highest BCUT2D eigenvalue weighted by atomic mass is 16.4. The van der Waals surface area contributed by atoms with Gasteiger partial charge in [0, 0.05) is 16.7 Å². The molecule has 6 aromatic rings. The average molecular weight is 468 g/mol. The van der Waals surface area contributed by atoms with Crippen LogP contribution in [0.4, 0.5) is 0 Å². The SMILES string of the molecule is C(=Cc1ccc(-n2ncc(-c3ccccc3)n2)cc1)c1ccc(-c2nnc(-c3ccccc3)o2)cc1. The number of aromatic nitrogens is 5. The molecule has 0 amide bonds. The molecule has 0 spiro atoms. The third kappa shape index (κ3) is 4.60. The van der Waals surface area contributed by atoms with E-state index in [1.54, 1.807) is 11.0 Å². The van der Waals surface area contributed by atoms with Crippen LogP contribution in [-0.2, 0) is 0 Å². The Hall–Kier alpha value is -5.10. The topological polar surface area (TPSA) is 69.6 Å². The van der Waals surface area contributed by atoms with E-state index in [1.165, 1.54) is 0 Å². The van der Waals surface area contributed by atoms with E-state index in [1.807, 2.05) is 97.1 Å². The first-order valence-corrected chi connectivity index (χ1v) is 11.6. The molecule has 2 heterocycles. The summed E-state index contributed by atoms with van der Waals surface area (Å²) >= 11 is 0. The van der Waals surface area contributed by atoms with Gasteiger partial charge in [0.1, 0.15) is 5.69 Å². The van der Waals surface area contributed by atoms with E-state index in [-0.39, 0.29) is 0 Å². The second kappa shape index (κ2) is 9.64. The first kappa shape index (κ1) is 21.4. The van der Waals surface area contributed by atoms with Crippen LogP contribution in [-0.4, -0.2) is 25.2 Å². The first-order chi connectivity index (χ1) is 17.8. The van der Waals surface area contributed by atoms with Gasteiger partial charge in [-0.05, 0) is 47.5 Å². The van der Waals surface area contributed by atoms with Crippen LogP contribution in [0.5, 0.6) is 0 Å². The van der Waals surface area contributed by atoms with Crippen molar-refractivity contribution in [1.29, 1.82) is 0 Å². The Morgan fingerprint density at radius 3 is 1.69 bits per heavy atom. The van der Waals surface area contributed by atoms with Crippen molar-refractivity contribution in [3.05, 3.63) is 127 Å². The zero-order valence-electron chi connectivity index (χ0n) is 19.3. The van der Waals surface area contributed by atoms with E-state index in [4.69, 9.17) is 4.42 Å². The Morgan fingerprint density at radius 1 is 0.556 bits per heavy atom. The summed E-state index contributed by atoms with van der Waals surface area (Å²) in [6.45, 7) is 0. The van der Waals surface area contributed by atoms with Crippen LogP contribution in [0.15, 0.2) is 120 Å². The molecule has 0 fully saturated rings. The molecule has 36 heavy (non-hydrogen) atoms. The maximum atomic E-state index is 5.85. The van der Waals surface area contributed by atoms with Crippen molar-refractivity contribution in [2.75, 3.05) is 0 Å². The van der Waals surface area contributed by atoms with Crippen LogP contribution < -0.4 is 0 Å². The first-order valence-electron chi connectivity index (χ1n) is 11.6. The molecule has 0 N–H and O–H groups in total. The third-order valence-corrected chi connectivity index (χ3v) is 5.76. The van der Waals surface area contributed by atoms with Gasteiger partial charge in [-0.3, -0.25) is 0 Å². The van der Waals surface area contributed by atoms with Crippen molar-refractivity contribution >= 4 is 12.2 Å². The van der Waals surface area contributed by atoms with Gasteiger partial charge in [-0.1, -0.05) is 84.9 Å². The summed E-state index contributed by atoms with van der Waals surface area (Å²) in [4.78, 5) is 1.65. The van der Waals surface area contributed by atoms with Crippen LogP contribution in [0.1, 0.15) is 11.1 Å². The summed E-state index contributed by atoms with van der Waals surface area (Å²) in [7, 11) is 0. The minimum Gasteiger partial charge on any atom is -0.416 e. The molecule has 0 aliphatic heterocycles. The van der Waals surface area contributed by atoms with Gasteiger partial charge in [0.25, 0.3) is 0 Å². The van der Waals surface area contributed by atoms with Gasteiger partial charge in [0.2, 0.25) is 11.8 Å². The summed E-state index contributed by atoms with van der Waals surface area (Å²) < 4.78 is 5.85. The van der Waals surface area contributed by atoms with Crippen LogP contribution in [0.2, 0.25) is 0 Å². The molecule has 6 rings (SSSR count). The van der Waals surface area contributed by atoms with Crippen LogP contribution in [0.3, 0.4) is 0 Å². The van der Waals surface area contributed by atoms with Gasteiger partial charge < -0.3 is 4.42 Å². The highest BCUT2D eigenvalue weighted by Crippen LogP contribution is 2.24. The van der Waals surface area contributed by atoms with Crippen LogP contribution in [0, 0.1) is 0 Å². The molecule has 172 valence electrons. The Morgan fingerprint density at radius 2 is 1.08 bits per heavy atom. The van der Waals surface area contributed by atoms with Crippen molar-refractivity contribution in [3.8, 4) is 39.9 Å². The lowest BCUT2D eigenvalue weighted by Crippen LogP contribution is -1.98. The van der Waals surface area contributed by atoms with E-state index < -0.39 is 0 Å². The Kier molecular flexibility index (Phi) is 5.74. The second-order valence-electron chi connectivity index (χ2n) is 8.21. The molecule has 0 unspecified atom stereocenters. The van der Waals surface area contributed by atoms with Crippen molar-refractivity contribution in [2.45, 2.75) is 0 Å².